The lowest BCUT2D eigenvalue weighted by Gasteiger charge is -2.16. The number of anilines is 2. The molecule has 18 heavy (non-hydrogen) atoms. The van der Waals surface area contributed by atoms with Gasteiger partial charge in [0.25, 0.3) is 0 Å². The second-order valence-corrected chi connectivity index (χ2v) is 4.89. The van der Waals surface area contributed by atoms with E-state index in [1.807, 2.05) is 18.2 Å². The van der Waals surface area contributed by atoms with Gasteiger partial charge in [0, 0.05) is 29.5 Å². The van der Waals surface area contributed by atoms with Gasteiger partial charge in [-0.25, -0.2) is 0 Å². The fourth-order valence-electron chi connectivity index (χ4n) is 2.06. The minimum Gasteiger partial charge on any atom is -0.497 e. The molecule has 1 aromatic rings. The molecule has 0 heterocycles. The number of nitrogens with two attached hydrogens (primary N) is 1. The third-order valence-corrected chi connectivity index (χ3v) is 3.07. The molecule has 1 unspecified atom stereocenters. The van der Waals surface area contributed by atoms with Crippen molar-refractivity contribution >= 4 is 11.4 Å². The second-order valence-electron chi connectivity index (χ2n) is 4.89. The van der Waals surface area contributed by atoms with Crippen molar-refractivity contribution in [3.63, 3.8) is 0 Å². The summed E-state index contributed by atoms with van der Waals surface area (Å²) in [6.45, 7) is 4.45. The lowest BCUT2D eigenvalue weighted by molar-refractivity contribution is 0.415. The molecule has 0 saturated carbocycles. The maximum absolute atomic E-state index is 5.83. The standard InChI is InChI=1S/C15H26N2O/c1-4-5-6-7-8-12(2)17-14-9-13(16)10-15(11-14)18-3/h9-12,17H,4-8,16H2,1-3H3. The topological polar surface area (TPSA) is 47.3 Å². The predicted molar refractivity (Wildman–Crippen MR) is 79.3 cm³/mol. The summed E-state index contributed by atoms with van der Waals surface area (Å²) in [5.41, 5.74) is 7.60. The summed E-state index contributed by atoms with van der Waals surface area (Å²) in [6.07, 6.45) is 6.41. The Labute approximate surface area is 111 Å². The first kappa shape index (κ1) is 14.7. The average molecular weight is 250 g/mol. The van der Waals surface area contributed by atoms with Crippen LogP contribution in [0.4, 0.5) is 11.4 Å². The number of rotatable bonds is 8. The average Bonchev–Trinajstić information content (AvgIpc) is 2.34. The Bertz CT molecular complexity index is 352. The molecule has 0 bridgehead atoms. The summed E-state index contributed by atoms with van der Waals surface area (Å²) in [4.78, 5) is 0. The number of ether oxygens (including phenoxy) is 1. The van der Waals surface area contributed by atoms with Gasteiger partial charge in [-0.3, -0.25) is 0 Å². The highest BCUT2D eigenvalue weighted by atomic mass is 16.5. The molecule has 0 amide bonds. The molecule has 3 heteroatoms. The third kappa shape index (κ3) is 5.30. The van der Waals surface area contributed by atoms with Crippen molar-refractivity contribution < 1.29 is 4.74 Å². The Balaban J connectivity index is 2.43. The summed E-state index contributed by atoms with van der Waals surface area (Å²) in [7, 11) is 1.66. The molecule has 0 spiro atoms. The molecule has 0 fully saturated rings. The van der Waals surface area contributed by atoms with E-state index in [9.17, 15) is 0 Å². The zero-order valence-electron chi connectivity index (χ0n) is 11.8. The largest absolute Gasteiger partial charge is 0.497 e. The van der Waals surface area contributed by atoms with Gasteiger partial charge in [-0.2, -0.15) is 0 Å². The number of benzene rings is 1. The summed E-state index contributed by atoms with van der Waals surface area (Å²) in [5.74, 6) is 0.802. The van der Waals surface area contributed by atoms with Crippen LogP contribution in [0.3, 0.4) is 0 Å². The van der Waals surface area contributed by atoms with Crippen LogP contribution in [0.15, 0.2) is 18.2 Å². The molecule has 1 aromatic carbocycles. The van der Waals surface area contributed by atoms with Crippen LogP contribution in [0.2, 0.25) is 0 Å². The molecule has 1 atom stereocenters. The van der Waals surface area contributed by atoms with Gasteiger partial charge in [-0.05, 0) is 19.4 Å². The van der Waals surface area contributed by atoms with Crippen LogP contribution in [0, 0.1) is 0 Å². The lowest BCUT2D eigenvalue weighted by Crippen LogP contribution is -2.15. The van der Waals surface area contributed by atoms with E-state index >= 15 is 0 Å². The predicted octanol–water partition coefficient (Wildman–Crippen LogP) is 4.05. The Kier molecular flexibility index (Phi) is 6.40. The van der Waals surface area contributed by atoms with Crippen LogP contribution >= 0.6 is 0 Å². The Hall–Kier alpha value is -1.38. The van der Waals surface area contributed by atoms with Crippen molar-refractivity contribution in [1.29, 1.82) is 0 Å². The first-order valence-electron chi connectivity index (χ1n) is 6.86. The van der Waals surface area contributed by atoms with Gasteiger partial charge in [0.2, 0.25) is 0 Å². The molecule has 0 aliphatic carbocycles. The van der Waals surface area contributed by atoms with E-state index in [1.54, 1.807) is 7.11 Å². The summed E-state index contributed by atoms with van der Waals surface area (Å²) in [5, 5.41) is 3.47. The maximum atomic E-state index is 5.83. The van der Waals surface area contributed by atoms with Crippen molar-refractivity contribution in [2.75, 3.05) is 18.2 Å². The van der Waals surface area contributed by atoms with E-state index in [0.717, 1.165) is 17.1 Å². The zero-order chi connectivity index (χ0) is 13.4. The van der Waals surface area contributed by atoms with Gasteiger partial charge in [-0.1, -0.05) is 32.6 Å². The van der Waals surface area contributed by atoms with Crippen molar-refractivity contribution in [1.82, 2.24) is 0 Å². The second kappa shape index (κ2) is 7.85. The van der Waals surface area contributed by atoms with Gasteiger partial charge < -0.3 is 15.8 Å². The Morgan fingerprint density at radius 3 is 2.67 bits per heavy atom. The van der Waals surface area contributed by atoms with Gasteiger partial charge in [0.1, 0.15) is 5.75 Å². The molecule has 3 nitrogen and oxygen atoms in total. The van der Waals surface area contributed by atoms with Gasteiger partial charge in [0.15, 0.2) is 0 Å². The SMILES string of the molecule is CCCCCCC(C)Nc1cc(N)cc(OC)c1. The number of unbranched alkanes of at least 4 members (excludes halogenated alkanes) is 3. The summed E-state index contributed by atoms with van der Waals surface area (Å²) < 4.78 is 5.21. The fourth-order valence-corrected chi connectivity index (χ4v) is 2.06. The fraction of sp³-hybridized carbons (Fsp3) is 0.600. The minimum atomic E-state index is 0.466. The smallest absolute Gasteiger partial charge is 0.122 e. The minimum absolute atomic E-state index is 0.466. The molecular weight excluding hydrogens is 224 g/mol. The van der Waals surface area contributed by atoms with Crippen LogP contribution in [0.1, 0.15) is 46.0 Å². The Morgan fingerprint density at radius 1 is 1.22 bits per heavy atom. The molecule has 0 aliphatic heterocycles. The Morgan fingerprint density at radius 2 is 2.00 bits per heavy atom. The van der Waals surface area contributed by atoms with Crippen molar-refractivity contribution in [2.45, 2.75) is 52.0 Å². The first-order valence-corrected chi connectivity index (χ1v) is 6.86. The number of hydrogen-bond donors (Lipinski definition) is 2. The molecule has 1 rings (SSSR count). The number of methoxy groups -OCH3 is 1. The highest BCUT2D eigenvalue weighted by Crippen LogP contribution is 2.23. The lowest BCUT2D eigenvalue weighted by atomic mass is 10.1. The number of nitrogens with one attached hydrogen (secondary N) is 1. The first-order chi connectivity index (χ1) is 8.65. The van der Waals surface area contributed by atoms with Crippen LogP contribution in [0.5, 0.6) is 5.75 Å². The summed E-state index contributed by atoms with van der Waals surface area (Å²) >= 11 is 0. The van der Waals surface area contributed by atoms with E-state index in [0.29, 0.717) is 6.04 Å². The van der Waals surface area contributed by atoms with E-state index in [4.69, 9.17) is 10.5 Å². The molecule has 3 N–H and O–H groups in total. The van der Waals surface area contributed by atoms with Crippen LogP contribution in [-0.2, 0) is 0 Å². The normalized spacial score (nSPS) is 12.2. The van der Waals surface area contributed by atoms with Crippen LogP contribution in [-0.4, -0.2) is 13.2 Å². The van der Waals surface area contributed by atoms with Crippen LogP contribution < -0.4 is 15.8 Å². The monoisotopic (exact) mass is 250 g/mol. The molecule has 102 valence electrons. The van der Waals surface area contributed by atoms with E-state index in [-0.39, 0.29) is 0 Å². The van der Waals surface area contributed by atoms with E-state index < -0.39 is 0 Å². The van der Waals surface area contributed by atoms with Gasteiger partial charge >= 0.3 is 0 Å². The molecule has 0 saturated heterocycles. The van der Waals surface area contributed by atoms with Gasteiger partial charge in [0.05, 0.1) is 7.11 Å². The van der Waals surface area contributed by atoms with Gasteiger partial charge in [-0.15, -0.1) is 0 Å². The molecule has 0 radical (unpaired) electrons. The van der Waals surface area contributed by atoms with Crippen LogP contribution in [0.25, 0.3) is 0 Å². The molecule has 0 aromatic heterocycles. The summed E-state index contributed by atoms with van der Waals surface area (Å²) in [6, 6.07) is 6.23. The van der Waals surface area contributed by atoms with Crippen molar-refractivity contribution in [3.8, 4) is 5.75 Å². The molecule has 0 aliphatic rings. The molecular formula is C15H26N2O. The number of hydrogen-bond acceptors (Lipinski definition) is 3. The zero-order valence-corrected chi connectivity index (χ0v) is 11.8. The van der Waals surface area contributed by atoms with E-state index in [2.05, 4.69) is 19.2 Å². The highest BCUT2D eigenvalue weighted by molar-refractivity contribution is 5.59. The quantitative estimate of drug-likeness (QED) is 0.540. The van der Waals surface area contributed by atoms with E-state index in [1.165, 1.54) is 32.1 Å². The van der Waals surface area contributed by atoms with Crippen molar-refractivity contribution in [3.05, 3.63) is 18.2 Å². The van der Waals surface area contributed by atoms with Crippen molar-refractivity contribution in [2.24, 2.45) is 0 Å². The number of nitrogen functional groups attached to an aromatic ring is 1. The third-order valence-electron chi connectivity index (χ3n) is 3.07. The maximum Gasteiger partial charge on any atom is 0.122 e. The highest BCUT2D eigenvalue weighted by Gasteiger charge is 2.04.